The Morgan fingerprint density at radius 1 is 0.400 bits per heavy atom. The predicted octanol–water partition coefficient (Wildman–Crippen LogP) is 16.4. The lowest BCUT2D eigenvalue weighted by Gasteiger charge is -2.38. The maximum absolute atomic E-state index is 13.7. The van der Waals surface area contributed by atoms with E-state index in [9.17, 15) is 19.2 Å². The minimum atomic E-state index is -0.259. The van der Waals surface area contributed by atoms with Crippen molar-refractivity contribution in [1.29, 1.82) is 0 Å². The molecular formula is C63H122N4O8. The summed E-state index contributed by atoms with van der Waals surface area (Å²) < 4.78 is 23.7. The summed E-state index contributed by atoms with van der Waals surface area (Å²) >= 11 is 0. The van der Waals surface area contributed by atoms with Crippen LogP contribution >= 0.6 is 0 Å². The average molecular weight is 1060 g/mol. The molecule has 2 amide bonds. The van der Waals surface area contributed by atoms with E-state index in [1.165, 1.54) is 116 Å². The highest BCUT2D eigenvalue weighted by Gasteiger charge is 2.26. The zero-order chi connectivity index (χ0) is 54.8. The standard InChI is InChI=1S/C63H122N4O8/c1-8-15-21-23-33-45-66(47-35-25-31-41-60(68)74-55-57(37-27-17-10-3)38-28-18-11-4)62(70)72-53-51-65(59-43-49-64(14-7)50-44-59)52-54-73-63(71)67(46-34-24-22-16-9-2)48-36-26-32-42-61(69)75-56-58(39-29-19-12-5)40-30-20-13-6/h57-59H,8-56H2,1-7H3. The van der Waals surface area contributed by atoms with Gasteiger partial charge in [0.25, 0.3) is 0 Å². The Morgan fingerprint density at radius 3 is 1.05 bits per heavy atom. The molecule has 1 saturated heterocycles. The van der Waals surface area contributed by atoms with Gasteiger partial charge in [0.15, 0.2) is 0 Å². The van der Waals surface area contributed by atoms with Crippen molar-refractivity contribution in [2.75, 3.05) is 85.3 Å². The Balaban J connectivity index is 2.80. The van der Waals surface area contributed by atoms with Gasteiger partial charge in [-0.3, -0.25) is 14.5 Å². The van der Waals surface area contributed by atoms with Gasteiger partial charge in [0, 0.05) is 58.2 Å². The number of ether oxygens (including phenoxy) is 4. The van der Waals surface area contributed by atoms with E-state index in [4.69, 9.17) is 18.9 Å². The number of hydrogen-bond donors (Lipinski definition) is 0. The van der Waals surface area contributed by atoms with Crippen molar-refractivity contribution in [2.45, 2.75) is 286 Å². The van der Waals surface area contributed by atoms with Crippen LogP contribution in [0.15, 0.2) is 0 Å². The molecule has 0 spiro atoms. The van der Waals surface area contributed by atoms with Crippen LogP contribution in [-0.4, -0.2) is 135 Å². The third-order valence-corrected chi connectivity index (χ3v) is 15.7. The first-order chi connectivity index (χ1) is 36.6. The van der Waals surface area contributed by atoms with Crippen LogP contribution in [0.25, 0.3) is 0 Å². The number of carbonyl (C=O) groups excluding carboxylic acids is 4. The van der Waals surface area contributed by atoms with Crippen molar-refractivity contribution in [3.05, 3.63) is 0 Å². The van der Waals surface area contributed by atoms with Gasteiger partial charge in [-0.15, -0.1) is 0 Å². The summed E-state index contributed by atoms with van der Waals surface area (Å²) in [4.78, 5) is 61.6. The molecule has 12 nitrogen and oxygen atoms in total. The smallest absolute Gasteiger partial charge is 0.409 e. The first kappa shape index (κ1) is 70.4. The molecule has 442 valence electrons. The maximum Gasteiger partial charge on any atom is 0.409 e. The summed E-state index contributed by atoms with van der Waals surface area (Å²) in [6.07, 6.45) is 37.7. The lowest BCUT2D eigenvalue weighted by Crippen LogP contribution is -2.47. The van der Waals surface area contributed by atoms with Crippen molar-refractivity contribution in [2.24, 2.45) is 11.8 Å². The second kappa shape index (κ2) is 50.9. The van der Waals surface area contributed by atoms with Crippen molar-refractivity contribution >= 4 is 24.1 Å². The van der Waals surface area contributed by atoms with Crippen molar-refractivity contribution in [3.63, 3.8) is 0 Å². The van der Waals surface area contributed by atoms with Gasteiger partial charge in [-0.1, -0.05) is 190 Å². The molecule has 0 aliphatic carbocycles. The molecule has 0 aromatic heterocycles. The van der Waals surface area contributed by atoms with Crippen LogP contribution in [-0.2, 0) is 28.5 Å². The van der Waals surface area contributed by atoms with Gasteiger partial charge < -0.3 is 33.6 Å². The highest BCUT2D eigenvalue weighted by atomic mass is 16.6. The van der Waals surface area contributed by atoms with Gasteiger partial charge in [0.2, 0.25) is 0 Å². The number of esters is 2. The number of rotatable bonds is 52. The number of hydrogen-bond acceptors (Lipinski definition) is 10. The van der Waals surface area contributed by atoms with Crippen LogP contribution in [0.1, 0.15) is 280 Å². The van der Waals surface area contributed by atoms with E-state index in [1.54, 1.807) is 0 Å². The summed E-state index contributed by atoms with van der Waals surface area (Å²) in [6, 6.07) is 0.328. The number of unbranched alkanes of at least 4 members (excludes halogenated alkanes) is 20. The summed E-state index contributed by atoms with van der Waals surface area (Å²) in [5.74, 6) is 0.748. The Labute approximate surface area is 462 Å². The maximum atomic E-state index is 13.7. The number of carbonyl (C=O) groups is 4. The highest BCUT2D eigenvalue weighted by Crippen LogP contribution is 2.22. The minimum absolute atomic E-state index is 0.0931. The van der Waals surface area contributed by atoms with E-state index in [-0.39, 0.29) is 37.3 Å². The van der Waals surface area contributed by atoms with Crippen molar-refractivity contribution in [3.8, 4) is 0 Å². The fourth-order valence-corrected chi connectivity index (χ4v) is 10.6. The molecule has 1 aliphatic heterocycles. The number of piperidine rings is 1. The molecule has 12 heteroatoms. The van der Waals surface area contributed by atoms with Crippen LogP contribution in [0.2, 0.25) is 0 Å². The van der Waals surface area contributed by atoms with Gasteiger partial charge in [0.05, 0.1) is 13.2 Å². The first-order valence-electron chi connectivity index (χ1n) is 32.3. The highest BCUT2D eigenvalue weighted by molar-refractivity contribution is 5.70. The lowest BCUT2D eigenvalue weighted by molar-refractivity contribution is -0.146. The third kappa shape index (κ3) is 39.4. The summed E-state index contributed by atoms with van der Waals surface area (Å²) in [5, 5.41) is 0. The quantitative estimate of drug-likeness (QED) is 0.0331. The molecule has 1 aliphatic rings. The molecular weight excluding hydrogens is 941 g/mol. The second-order valence-corrected chi connectivity index (χ2v) is 22.4. The van der Waals surface area contributed by atoms with Gasteiger partial charge in [-0.25, -0.2) is 9.59 Å². The number of amides is 2. The molecule has 0 bridgehead atoms. The van der Waals surface area contributed by atoms with E-state index in [0.29, 0.717) is 83.2 Å². The Hall–Kier alpha value is -2.60. The Morgan fingerprint density at radius 2 is 0.720 bits per heavy atom. The monoisotopic (exact) mass is 1060 g/mol. The largest absolute Gasteiger partial charge is 0.465 e. The van der Waals surface area contributed by atoms with Gasteiger partial charge in [0.1, 0.15) is 13.2 Å². The fourth-order valence-electron chi connectivity index (χ4n) is 10.6. The minimum Gasteiger partial charge on any atom is -0.465 e. The Bertz CT molecular complexity index is 1230. The average Bonchev–Trinajstić information content (AvgIpc) is 3.41. The second-order valence-electron chi connectivity index (χ2n) is 22.4. The van der Waals surface area contributed by atoms with E-state index in [0.717, 1.165) is 122 Å². The summed E-state index contributed by atoms with van der Waals surface area (Å²) in [5.41, 5.74) is 0. The fraction of sp³-hybridized carbons (Fsp3) is 0.937. The molecule has 0 aromatic rings. The molecule has 1 rings (SSSR count). The van der Waals surface area contributed by atoms with E-state index in [2.05, 4.69) is 58.3 Å². The molecule has 0 unspecified atom stereocenters. The lowest BCUT2D eigenvalue weighted by atomic mass is 9.96. The van der Waals surface area contributed by atoms with Crippen LogP contribution in [0, 0.1) is 11.8 Å². The van der Waals surface area contributed by atoms with Crippen LogP contribution in [0.3, 0.4) is 0 Å². The molecule has 0 atom stereocenters. The van der Waals surface area contributed by atoms with E-state index >= 15 is 0 Å². The summed E-state index contributed by atoms with van der Waals surface area (Å²) in [6.45, 7) is 24.1. The number of nitrogens with zero attached hydrogens (tertiary/aromatic N) is 4. The normalized spacial score (nSPS) is 13.3. The topological polar surface area (TPSA) is 118 Å². The van der Waals surface area contributed by atoms with E-state index in [1.807, 2.05) is 9.80 Å². The molecule has 1 fully saturated rings. The Kier molecular flexibility index (Phi) is 47.8. The zero-order valence-electron chi connectivity index (χ0n) is 50.4. The van der Waals surface area contributed by atoms with Crippen LogP contribution < -0.4 is 0 Å². The number of likely N-dealkylation sites (tertiary alicyclic amines) is 1. The zero-order valence-corrected chi connectivity index (χ0v) is 50.4. The van der Waals surface area contributed by atoms with Crippen molar-refractivity contribution in [1.82, 2.24) is 19.6 Å². The van der Waals surface area contributed by atoms with Crippen LogP contribution in [0.4, 0.5) is 9.59 Å². The molecule has 0 radical (unpaired) electrons. The van der Waals surface area contributed by atoms with E-state index < -0.39 is 0 Å². The SMILES string of the molecule is CCCCCCCN(CCCCCC(=O)OCC(CCCCC)CCCCC)C(=O)OCCN(CCOC(=O)N(CCCCCCC)CCCCCC(=O)OCC(CCCCC)CCCCC)C1CCN(CC)CC1. The van der Waals surface area contributed by atoms with Gasteiger partial charge in [-0.2, -0.15) is 0 Å². The third-order valence-electron chi connectivity index (χ3n) is 15.7. The molecule has 0 aromatic carbocycles. The molecule has 0 N–H and O–H groups in total. The molecule has 1 heterocycles. The predicted molar refractivity (Wildman–Crippen MR) is 312 cm³/mol. The first-order valence-corrected chi connectivity index (χ1v) is 32.3. The van der Waals surface area contributed by atoms with Gasteiger partial charge in [-0.05, 0) is 109 Å². The molecule has 75 heavy (non-hydrogen) atoms. The summed E-state index contributed by atoms with van der Waals surface area (Å²) in [7, 11) is 0. The van der Waals surface area contributed by atoms with Crippen molar-refractivity contribution < 1.29 is 38.1 Å². The molecule has 0 saturated carbocycles. The van der Waals surface area contributed by atoms with Crippen LogP contribution in [0.5, 0.6) is 0 Å². The van der Waals surface area contributed by atoms with Gasteiger partial charge >= 0.3 is 24.1 Å².